The molecule has 0 aliphatic rings. The van der Waals surface area contributed by atoms with Crippen LogP contribution in [0.5, 0.6) is 0 Å². The van der Waals surface area contributed by atoms with Gasteiger partial charge < -0.3 is 14.0 Å². The molecule has 0 fully saturated rings. The molecule has 1 aromatic carbocycles. The number of methoxy groups -OCH3 is 1. The van der Waals surface area contributed by atoms with Crippen molar-refractivity contribution in [2.75, 3.05) is 26.9 Å². The molecule has 0 aliphatic carbocycles. The molecule has 110 valence electrons. The van der Waals surface area contributed by atoms with Crippen molar-refractivity contribution in [2.45, 2.75) is 25.8 Å². The van der Waals surface area contributed by atoms with Crippen molar-refractivity contribution >= 4 is 22.6 Å². The summed E-state index contributed by atoms with van der Waals surface area (Å²) in [4.78, 5) is 4.57. The SMILES string of the molecule is COCCOCCCn1c(CCl)nc2ccc(C)cc21. The molecule has 20 heavy (non-hydrogen) atoms. The number of benzene rings is 1. The van der Waals surface area contributed by atoms with Gasteiger partial charge in [-0.05, 0) is 31.0 Å². The molecule has 0 saturated heterocycles. The molecule has 2 aromatic rings. The third kappa shape index (κ3) is 3.72. The number of halogens is 1. The zero-order chi connectivity index (χ0) is 14.4. The van der Waals surface area contributed by atoms with Gasteiger partial charge in [-0.25, -0.2) is 4.98 Å². The summed E-state index contributed by atoms with van der Waals surface area (Å²) in [6.45, 7) is 4.96. The second kappa shape index (κ2) is 7.62. The fourth-order valence-corrected chi connectivity index (χ4v) is 2.41. The third-order valence-corrected chi connectivity index (χ3v) is 3.44. The van der Waals surface area contributed by atoms with Crippen LogP contribution in [0, 0.1) is 6.92 Å². The highest BCUT2D eigenvalue weighted by atomic mass is 35.5. The maximum Gasteiger partial charge on any atom is 0.124 e. The number of nitrogens with zero attached hydrogens (tertiary/aromatic N) is 2. The molecule has 2 rings (SSSR count). The highest BCUT2D eigenvalue weighted by molar-refractivity contribution is 6.16. The predicted octanol–water partition coefficient (Wildman–Crippen LogP) is 3.14. The second-order valence-corrected chi connectivity index (χ2v) is 5.03. The van der Waals surface area contributed by atoms with Crippen molar-refractivity contribution in [1.29, 1.82) is 0 Å². The van der Waals surface area contributed by atoms with Crippen molar-refractivity contribution in [3.63, 3.8) is 0 Å². The zero-order valence-corrected chi connectivity index (χ0v) is 12.8. The topological polar surface area (TPSA) is 36.3 Å². The first-order valence-electron chi connectivity index (χ1n) is 6.84. The molecule has 0 amide bonds. The second-order valence-electron chi connectivity index (χ2n) is 4.76. The minimum atomic E-state index is 0.429. The van der Waals surface area contributed by atoms with Crippen LogP contribution in [0.1, 0.15) is 17.8 Å². The average Bonchev–Trinajstić information content (AvgIpc) is 2.80. The minimum absolute atomic E-state index is 0.429. The lowest BCUT2D eigenvalue weighted by atomic mass is 10.2. The van der Waals surface area contributed by atoms with Crippen molar-refractivity contribution in [1.82, 2.24) is 9.55 Å². The van der Waals surface area contributed by atoms with Gasteiger partial charge in [-0.2, -0.15) is 0 Å². The van der Waals surface area contributed by atoms with Crippen molar-refractivity contribution < 1.29 is 9.47 Å². The fourth-order valence-electron chi connectivity index (χ4n) is 2.20. The van der Waals surface area contributed by atoms with E-state index in [1.165, 1.54) is 5.56 Å². The number of imidazole rings is 1. The first-order chi connectivity index (χ1) is 9.76. The van der Waals surface area contributed by atoms with Crippen LogP contribution in [-0.4, -0.2) is 36.5 Å². The molecule has 0 atom stereocenters. The highest BCUT2D eigenvalue weighted by Crippen LogP contribution is 2.19. The van der Waals surface area contributed by atoms with E-state index in [4.69, 9.17) is 21.1 Å². The summed E-state index contributed by atoms with van der Waals surface area (Å²) in [5.74, 6) is 1.35. The van der Waals surface area contributed by atoms with E-state index in [0.29, 0.717) is 19.1 Å². The van der Waals surface area contributed by atoms with E-state index in [1.54, 1.807) is 7.11 Å². The Balaban J connectivity index is 2.02. The maximum absolute atomic E-state index is 5.99. The van der Waals surface area contributed by atoms with Crippen molar-refractivity contribution in [3.05, 3.63) is 29.6 Å². The average molecular weight is 297 g/mol. The van der Waals surface area contributed by atoms with Crippen molar-refractivity contribution in [3.8, 4) is 0 Å². The third-order valence-electron chi connectivity index (χ3n) is 3.20. The molecular weight excluding hydrogens is 276 g/mol. The van der Waals surface area contributed by atoms with Gasteiger partial charge in [0, 0.05) is 20.3 Å². The summed E-state index contributed by atoms with van der Waals surface area (Å²) < 4.78 is 12.6. The number of ether oxygens (including phenoxy) is 2. The Kier molecular flexibility index (Phi) is 5.83. The van der Waals surface area contributed by atoms with E-state index >= 15 is 0 Å². The lowest BCUT2D eigenvalue weighted by molar-refractivity contribution is 0.0681. The van der Waals surface area contributed by atoms with Crippen LogP contribution in [0.4, 0.5) is 0 Å². The summed E-state index contributed by atoms with van der Waals surface area (Å²) in [7, 11) is 1.68. The lowest BCUT2D eigenvalue weighted by Crippen LogP contribution is -2.08. The Labute approximate surface area is 124 Å². The minimum Gasteiger partial charge on any atom is -0.382 e. The molecule has 1 heterocycles. The van der Waals surface area contributed by atoms with Crippen LogP contribution in [0.15, 0.2) is 18.2 Å². The predicted molar refractivity (Wildman–Crippen MR) is 81.3 cm³/mol. The smallest absolute Gasteiger partial charge is 0.124 e. The summed E-state index contributed by atoms with van der Waals surface area (Å²) in [6, 6.07) is 6.28. The number of hydrogen-bond acceptors (Lipinski definition) is 3. The molecule has 1 aromatic heterocycles. The number of aryl methyl sites for hydroxylation is 2. The lowest BCUT2D eigenvalue weighted by Gasteiger charge is -2.08. The Bertz CT molecular complexity index is 554. The summed E-state index contributed by atoms with van der Waals surface area (Å²) >= 11 is 5.99. The highest BCUT2D eigenvalue weighted by Gasteiger charge is 2.09. The molecule has 0 spiro atoms. The standard InChI is InChI=1S/C15H21ClN2O2/c1-12-4-5-13-14(10-12)18(15(11-16)17-13)6-3-7-20-9-8-19-2/h4-5,10H,3,6-9,11H2,1-2H3. The van der Waals surface area contributed by atoms with Gasteiger partial charge in [-0.1, -0.05) is 6.07 Å². The van der Waals surface area contributed by atoms with Gasteiger partial charge in [0.15, 0.2) is 0 Å². The van der Waals surface area contributed by atoms with Crippen LogP contribution in [0.25, 0.3) is 11.0 Å². The van der Waals surface area contributed by atoms with E-state index in [-0.39, 0.29) is 0 Å². The number of rotatable bonds is 8. The molecule has 0 bridgehead atoms. The van der Waals surface area contributed by atoms with Gasteiger partial charge >= 0.3 is 0 Å². The molecular formula is C15H21ClN2O2. The number of alkyl halides is 1. The van der Waals surface area contributed by atoms with Crippen LogP contribution >= 0.6 is 11.6 Å². The molecule has 0 aliphatic heterocycles. The summed E-state index contributed by atoms with van der Waals surface area (Å²) in [6.07, 6.45) is 0.938. The van der Waals surface area contributed by atoms with E-state index in [0.717, 1.165) is 36.4 Å². The van der Waals surface area contributed by atoms with E-state index in [2.05, 4.69) is 28.6 Å². The molecule has 0 saturated carbocycles. The van der Waals surface area contributed by atoms with Gasteiger partial charge in [-0.15, -0.1) is 11.6 Å². The Morgan fingerprint density at radius 2 is 2.10 bits per heavy atom. The monoisotopic (exact) mass is 296 g/mol. The van der Waals surface area contributed by atoms with Crippen LogP contribution in [0.3, 0.4) is 0 Å². The number of fused-ring (bicyclic) bond motifs is 1. The van der Waals surface area contributed by atoms with E-state index in [1.807, 2.05) is 6.07 Å². The van der Waals surface area contributed by atoms with Crippen LogP contribution < -0.4 is 0 Å². The van der Waals surface area contributed by atoms with Crippen LogP contribution in [0.2, 0.25) is 0 Å². The molecule has 4 nitrogen and oxygen atoms in total. The first-order valence-corrected chi connectivity index (χ1v) is 7.38. The van der Waals surface area contributed by atoms with Gasteiger partial charge in [0.1, 0.15) is 5.82 Å². The quantitative estimate of drug-likeness (QED) is 0.555. The van der Waals surface area contributed by atoms with Gasteiger partial charge in [0.2, 0.25) is 0 Å². The Morgan fingerprint density at radius 3 is 2.85 bits per heavy atom. The van der Waals surface area contributed by atoms with Gasteiger partial charge in [0.25, 0.3) is 0 Å². The fraction of sp³-hybridized carbons (Fsp3) is 0.533. The largest absolute Gasteiger partial charge is 0.382 e. The molecule has 0 N–H and O–H groups in total. The number of hydrogen-bond donors (Lipinski definition) is 0. The van der Waals surface area contributed by atoms with Gasteiger partial charge in [-0.3, -0.25) is 0 Å². The summed E-state index contributed by atoms with van der Waals surface area (Å²) in [5.41, 5.74) is 3.39. The summed E-state index contributed by atoms with van der Waals surface area (Å²) in [5, 5.41) is 0. The Hall–Kier alpha value is -1.10. The van der Waals surface area contributed by atoms with E-state index in [9.17, 15) is 0 Å². The molecule has 0 radical (unpaired) electrons. The zero-order valence-electron chi connectivity index (χ0n) is 12.1. The van der Waals surface area contributed by atoms with E-state index < -0.39 is 0 Å². The first kappa shape index (κ1) is 15.3. The van der Waals surface area contributed by atoms with Crippen molar-refractivity contribution in [2.24, 2.45) is 0 Å². The molecule has 0 unspecified atom stereocenters. The van der Waals surface area contributed by atoms with Crippen LogP contribution in [-0.2, 0) is 21.9 Å². The Morgan fingerprint density at radius 1 is 1.25 bits per heavy atom. The normalized spacial score (nSPS) is 11.3. The molecule has 5 heteroatoms. The maximum atomic E-state index is 5.99. The van der Waals surface area contributed by atoms with Gasteiger partial charge in [0.05, 0.1) is 30.1 Å². The number of aromatic nitrogens is 2.